The number of aryl methyl sites for hydroxylation is 1. The topological polar surface area (TPSA) is 49.8 Å². The van der Waals surface area contributed by atoms with E-state index in [1.165, 1.54) is 11.1 Å². The fourth-order valence-corrected chi connectivity index (χ4v) is 1.75. The summed E-state index contributed by atoms with van der Waals surface area (Å²) < 4.78 is 0. The van der Waals surface area contributed by atoms with E-state index in [4.69, 9.17) is 0 Å². The second-order valence-electron chi connectivity index (χ2n) is 4.16. The average Bonchev–Trinajstić information content (AvgIpc) is 2.37. The zero-order chi connectivity index (χ0) is 12.8. The molecular weight excluding hydrogens is 224 g/mol. The van der Waals surface area contributed by atoms with Gasteiger partial charge in [-0.15, -0.1) is 0 Å². The summed E-state index contributed by atoms with van der Waals surface area (Å²) in [6.07, 6.45) is 1.57. The van der Waals surface area contributed by atoms with Crippen LogP contribution in [-0.4, -0.2) is 16.5 Å². The lowest BCUT2D eigenvalue weighted by Gasteiger charge is -2.08. The smallest absolute Gasteiger partial charge is 0.131 e. The second kappa shape index (κ2) is 6.00. The lowest BCUT2D eigenvalue weighted by Crippen LogP contribution is -2.04. The van der Waals surface area contributed by atoms with E-state index in [1.54, 1.807) is 6.33 Å². The van der Waals surface area contributed by atoms with Crippen molar-refractivity contribution < 1.29 is 0 Å². The maximum absolute atomic E-state index is 4.20. The molecule has 4 nitrogen and oxygen atoms in total. The van der Waals surface area contributed by atoms with Crippen molar-refractivity contribution >= 4 is 11.6 Å². The highest BCUT2D eigenvalue weighted by Gasteiger charge is 1.98. The van der Waals surface area contributed by atoms with E-state index in [-0.39, 0.29) is 0 Å². The highest BCUT2D eigenvalue weighted by molar-refractivity contribution is 5.46. The molecule has 2 rings (SSSR count). The molecule has 0 aliphatic carbocycles. The van der Waals surface area contributed by atoms with Crippen LogP contribution in [0.4, 0.5) is 11.6 Å². The van der Waals surface area contributed by atoms with Crippen LogP contribution in [0.3, 0.4) is 0 Å². The first-order chi connectivity index (χ1) is 8.78. The predicted molar refractivity (Wildman–Crippen MR) is 74.7 cm³/mol. The molecule has 0 aliphatic heterocycles. The Morgan fingerprint density at radius 1 is 1.06 bits per heavy atom. The molecule has 0 fully saturated rings. The summed E-state index contributed by atoms with van der Waals surface area (Å²) in [6, 6.07) is 10.3. The number of rotatable bonds is 5. The van der Waals surface area contributed by atoms with Gasteiger partial charge in [0, 0.05) is 19.2 Å². The molecule has 1 aromatic carbocycles. The Balaban J connectivity index is 1.99. The van der Waals surface area contributed by atoms with Gasteiger partial charge in [0.15, 0.2) is 0 Å². The van der Waals surface area contributed by atoms with E-state index in [2.05, 4.69) is 51.8 Å². The van der Waals surface area contributed by atoms with Crippen LogP contribution in [0.1, 0.15) is 18.1 Å². The zero-order valence-corrected chi connectivity index (χ0v) is 10.8. The summed E-state index contributed by atoms with van der Waals surface area (Å²) in [5, 5.41) is 6.46. The van der Waals surface area contributed by atoms with E-state index < -0.39 is 0 Å². The largest absolute Gasteiger partial charge is 0.370 e. The molecule has 94 valence electrons. The summed E-state index contributed by atoms with van der Waals surface area (Å²) in [7, 11) is 0. The maximum atomic E-state index is 4.20. The van der Waals surface area contributed by atoms with Gasteiger partial charge < -0.3 is 10.6 Å². The van der Waals surface area contributed by atoms with Gasteiger partial charge in [-0.3, -0.25) is 0 Å². The molecule has 0 spiro atoms. The molecule has 0 bridgehead atoms. The summed E-state index contributed by atoms with van der Waals surface area (Å²) in [4.78, 5) is 8.33. The minimum absolute atomic E-state index is 0.768. The van der Waals surface area contributed by atoms with Crippen LogP contribution in [0.5, 0.6) is 0 Å². The molecule has 0 aliphatic rings. The van der Waals surface area contributed by atoms with Gasteiger partial charge in [0.1, 0.15) is 18.0 Å². The van der Waals surface area contributed by atoms with Crippen LogP contribution in [0, 0.1) is 6.92 Å². The van der Waals surface area contributed by atoms with Crippen molar-refractivity contribution in [1.82, 2.24) is 9.97 Å². The van der Waals surface area contributed by atoms with Gasteiger partial charge in [-0.05, 0) is 19.4 Å². The number of benzene rings is 1. The minimum Gasteiger partial charge on any atom is -0.370 e. The molecule has 4 heteroatoms. The van der Waals surface area contributed by atoms with Gasteiger partial charge in [0.25, 0.3) is 0 Å². The first-order valence-electron chi connectivity index (χ1n) is 6.13. The Labute approximate surface area is 107 Å². The van der Waals surface area contributed by atoms with E-state index in [0.717, 1.165) is 24.7 Å². The lowest BCUT2D eigenvalue weighted by atomic mass is 10.1. The van der Waals surface area contributed by atoms with Gasteiger partial charge in [-0.2, -0.15) is 0 Å². The SMILES string of the molecule is CCNc1cc(NCc2cccc(C)c2)ncn1. The standard InChI is InChI=1S/C14H18N4/c1-3-15-13-8-14(18-10-17-13)16-9-12-6-4-5-11(2)7-12/h4-8,10H,3,9H2,1-2H3,(H2,15,16,17,18). The van der Waals surface area contributed by atoms with Gasteiger partial charge in [0.2, 0.25) is 0 Å². The molecule has 0 radical (unpaired) electrons. The van der Waals surface area contributed by atoms with Crippen molar-refractivity contribution in [2.24, 2.45) is 0 Å². The number of anilines is 2. The van der Waals surface area contributed by atoms with Crippen molar-refractivity contribution in [3.8, 4) is 0 Å². The van der Waals surface area contributed by atoms with Crippen LogP contribution in [-0.2, 0) is 6.54 Å². The molecule has 1 aromatic heterocycles. The Kier molecular flexibility index (Phi) is 4.12. The fourth-order valence-electron chi connectivity index (χ4n) is 1.75. The number of hydrogen-bond acceptors (Lipinski definition) is 4. The molecule has 18 heavy (non-hydrogen) atoms. The molecule has 0 atom stereocenters. The van der Waals surface area contributed by atoms with Gasteiger partial charge in [-0.1, -0.05) is 29.8 Å². The Morgan fingerprint density at radius 3 is 2.56 bits per heavy atom. The van der Waals surface area contributed by atoms with Crippen molar-refractivity contribution in [3.63, 3.8) is 0 Å². The van der Waals surface area contributed by atoms with Gasteiger partial charge in [-0.25, -0.2) is 9.97 Å². The number of hydrogen-bond donors (Lipinski definition) is 2. The maximum Gasteiger partial charge on any atom is 0.131 e. The highest BCUT2D eigenvalue weighted by Crippen LogP contribution is 2.10. The van der Waals surface area contributed by atoms with Gasteiger partial charge >= 0.3 is 0 Å². The van der Waals surface area contributed by atoms with Crippen LogP contribution in [0.15, 0.2) is 36.7 Å². The summed E-state index contributed by atoms with van der Waals surface area (Å²) in [5.41, 5.74) is 2.52. The molecule has 0 unspecified atom stereocenters. The summed E-state index contributed by atoms with van der Waals surface area (Å²) >= 11 is 0. The Morgan fingerprint density at radius 2 is 1.83 bits per heavy atom. The molecule has 0 saturated carbocycles. The van der Waals surface area contributed by atoms with Crippen LogP contribution < -0.4 is 10.6 Å². The van der Waals surface area contributed by atoms with Crippen LogP contribution in [0.25, 0.3) is 0 Å². The molecule has 1 heterocycles. The van der Waals surface area contributed by atoms with Crippen LogP contribution >= 0.6 is 0 Å². The number of aromatic nitrogens is 2. The van der Waals surface area contributed by atoms with Crippen LogP contribution in [0.2, 0.25) is 0 Å². The number of nitrogens with zero attached hydrogens (tertiary/aromatic N) is 2. The lowest BCUT2D eigenvalue weighted by molar-refractivity contribution is 1.06. The summed E-state index contributed by atoms with van der Waals surface area (Å²) in [6.45, 7) is 5.76. The fraction of sp³-hybridized carbons (Fsp3) is 0.286. The average molecular weight is 242 g/mol. The van der Waals surface area contributed by atoms with E-state index in [1.807, 2.05) is 13.0 Å². The third-order valence-electron chi connectivity index (χ3n) is 2.58. The molecular formula is C14H18N4. The van der Waals surface area contributed by atoms with E-state index in [9.17, 15) is 0 Å². The third kappa shape index (κ3) is 3.45. The first kappa shape index (κ1) is 12.4. The van der Waals surface area contributed by atoms with Crippen molar-refractivity contribution in [2.45, 2.75) is 20.4 Å². The van der Waals surface area contributed by atoms with Gasteiger partial charge in [0.05, 0.1) is 0 Å². The monoisotopic (exact) mass is 242 g/mol. The predicted octanol–water partition coefficient (Wildman–Crippen LogP) is 2.83. The number of nitrogens with one attached hydrogen (secondary N) is 2. The van der Waals surface area contributed by atoms with E-state index in [0.29, 0.717) is 0 Å². The summed E-state index contributed by atoms with van der Waals surface area (Å²) in [5.74, 6) is 1.68. The minimum atomic E-state index is 0.768. The van der Waals surface area contributed by atoms with Crippen molar-refractivity contribution in [1.29, 1.82) is 0 Å². The third-order valence-corrected chi connectivity index (χ3v) is 2.58. The Hall–Kier alpha value is -2.10. The zero-order valence-electron chi connectivity index (χ0n) is 10.8. The second-order valence-corrected chi connectivity index (χ2v) is 4.16. The molecule has 0 amide bonds. The van der Waals surface area contributed by atoms with Crippen molar-refractivity contribution in [2.75, 3.05) is 17.2 Å². The molecule has 2 aromatic rings. The highest BCUT2D eigenvalue weighted by atomic mass is 15.1. The molecule has 0 saturated heterocycles. The first-order valence-corrected chi connectivity index (χ1v) is 6.13. The Bertz CT molecular complexity index is 511. The molecule has 2 N–H and O–H groups in total. The quantitative estimate of drug-likeness (QED) is 0.846. The van der Waals surface area contributed by atoms with Crippen molar-refractivity contribution in [3.05, 3.63) is 47.8 Å². The van der Waals surface area contributed by atoms with E-state index >= 15 is 0 Å². The normalized spacial score (nSPS) is 10.1.